The first-order chi connectivity index (χ1) is 18.0. The number of nitrogens with one attached hydrogen (secondary N) is 3. The van der Waals surface area contributed by atoms with Gasteiger partial charge in [0.15, 0.2) is 11.6 Å². The quantitative estimate of drug-likeness (QED) is 0.299. The lowest BCUT2D eigenvalue weighted by atomic mass is 10.1. The molecule has 5 aromatic heterocycles. The summed E-state index contributed by atoms with van der Waals surface area (Å²) in [5, 5.41) is 9.99. The van der Waals surface area contributed by atoms with Gasteiger partial charge in [-0.1, -0.05) is 19.1 Å². The van der Waals surface area contributed by atoms with Crippen molar-refractivity contribution in [2.75, 3.05) is 5.32 Å². The van der Waals surface area contributed by atoms with Crippen molar-refractivity contribution in [2.24, 2.45) is 0 Å². The van der Waals surface area contributed by atoms with E-state index in [1.807, 2.05) is 0 Å². The molecule has 0 bridgehead atoms. The van der Waals surface area contributed by atoms with Gasteiger partial charge in [-0.3, -0.25) is 24.8 Å². The normalized spacial score (nSPS) is 11.3. The zero-order valence-electron chi connectivity index (χ0n) is 19.4. The number of H-pyrrole nitrogens is 2. The molecule has 1 aromatic carbocycles. The first-order valence-corrected chi connectivity index (χ1v) is 11.4. The highest BCUT2D eigenvalue weighted by Crippen LogP contribution is 2.34. The van der Waals surface area contributed by atoms with E-state index in [1.165, 1.54) is 30.7 Å². The van der Waals surface area contributed by atoms with Crippen LogP contribution in [0.2, 0.25) is 0 Å². The minimum absolute atomic E-state index is 0.0495. The number of pyridine rings is 3. The lowest BCUT2D eigenvalue weighted by Gasteiger charge is -2.07. The molecule has 0 unspecified atom stereocenters. The molecule has 0 saturated carbocycles. The van der Waals surface area contributed by atoms with Gasteiger partial charge in [-0.25, -0.2) is 13.8 Å². The number of carbonyl (C=O) groups excluding carboxylic acids is 1. The average molecular weight is 496 g/mol. The highest BCUT2D eigenvalue weighted by Gasteiger charge is 2.21. The number of benzene rings is 1. The van der Waals surface area contributed by atoms with Crippen LogP contribution in [0.25, 0.3) is 56.0 Å². The molecule has 0 spiro atoms. The summed E-state index contributed by atoms with van der Waals surface area (Å²) in [7, 11) is 0. The fraction of sp³-hybridized carbons (Fsp3) is 0.0769. The Morgan fingerprint density at radius 3 is 2.70 bits per heavy atom. The van der Waals surface area contributed by atoms with E-state index in [1.54, 1.807) is 37.4 Å². The number of hydrogen-bond acceptors (Lipinski definition) is 6. The van der Waals surface area contributed by atoms with E-state index >= 15 is 4.39 Å². The number of aromatic nitrogens is 7. The Bertz CT molecular complexity index is 1810. The summed E-state index contributed by atoms with van der Waals surface area (Å²) < 4.78 is 29.7. The molecular formula is C26H18F2N8O. The SMILES string of the molecule is CCC(=O)Nc1cncc(-c2ncc3[nH]nc(-c4nc5c(-c6cccc(F)c6)nccc5[nH]4)c3c2F)c1. The number of carbonyl (C=O) groups is 1. The van der Waals surface area contributed by atoms with Gasteiger partial charge in [0.1, 0.15) is 22.7 Å². The number of halogens is 2. The maximum Gasteiger partial charge on any atom is 0.224 e. The first-order valence-electron chi connectivity index (χ1n) is 11.4. The predicted octanol–water partition coefficient (Wildman–Crippen LogP) is 5.25. The Balaban J connectivity index is 1.47. The minimum atomic E-state index is -0.619. The fourth-order valence-corrected chi connectivity index (χ4v) is 4.13. The van der Waals surface area contributed by atoms with Crippen molar-refractivity contribution in [1.82, 2.24) is 35.1 Å². The number of fused-ring (bicyclic) bond motifs is 2. The average Bonchev–Trinajstić information content (AvgIpc) is 3.53. The Kier molecular flexibility index (Phi) is 5.37. The molecule has 0 aliphatic carbocycles. The molecule has 1 amide bonds. The molecule has 0 aliphatic heterocycles. The van der Waals surface area contributed by atoms with Gasteiger partial charge in [0.05, 0.1) is 40.2 Å². The lowest BCUT2D eigenvalue weighted by molar-refractivity contribution is -0.115. The molecule has 0 atom stereocenters. The number of rotatable bonds is 5. The molecule has 6 rings (SSSR count). The second kappa shape index (κ2) is 8.86. The van der Waals surface area contributed by atoms with Gasteiger partial charge in [0.2, 0.25) is 5.91 Å². The monoisotopic (exact) mass is 496 g/mol. The summed E-state index contributed by atoms with van der Waals surface area (Å²) in [5.41, 5.74) is 3.69. The fourth-order valence-electron chi connectivity index (χ4n) is 4.13. The van der Waals surface area contributed by atoms with Crippen molar-refractivity contribution in [1.29, 1.82) is 0 Å². The number of amides is 1. The van der Waals surface area contributed by atoms with Crippen LogP contribution in [-0.2, 0) is 4.79 Å². The molecule has 0 aliphatic rings. The highest BCUT2D eigenvalue weighted by atomic mass is 19.1. The van der Waals surface area contributed by atoms with Crippen LogP contribution in [0.4, 0.5) is 14.5 Å². The van der Waals surface area contributed by atoms with Gasteiger partial charge in [-0.15, -0.1) is 0 Å². The van der Waals surface area contributed by atoms with Crippen molar-refractivity contribution < 1.29 is 13.6 Å². The van der Waals surface area contributed by atoms with Crippen LogP contribution in [0.1, 0.15) is 13.3 Å². The largest absolute Gasteiger partial charge is 0.336 e. The molecule has 3 N–H and O–H groups in total. The Labute approximate surface area is 208 Å². The van der Waals surface area contributed by atoms with Gasteiger partial charge in [-0.05, 0) is 24.3 Å². The second-order valence-corrected chi connectivity index (χ2v) is 8.30. The molecule has 9 nitrogen and oxygen atoms in total. The lowest BCUT2D eigenvalue weighted by Crippen LogP contribution is -2.09. The molecule has 5 heterocycles. The summed E-state index contributed by atoms with van der Waals surface area (Å²) in [5.74, 6) is -0.881. The van der Waals surface area contributed by atoms with Crippen LogP contribution < -0.4 is 5.32 Å². The van der Waals surface area contributed by atoms with Crippen molar-refractivity contribution in [3.8, 4) is 34.0 Å². The van der Waals surface area contributed by atoms with Crippen molar-refractivity contribution in [3.63, 3.8) is 0 Å². The zero-order chi connectivity index (χ0) is 25.5. The number of hydrogen-bond donors (Lipinski definition) is 3. The number of nitrogens with zero attached hydrogens (tertiary/aromatic N) is 5. The smallest absolute Gasteiger partial charge is 0.224 e. The van der Waals surface area contributed by atoms with Crippen molar-refractivity contribution >= 4 is 33.5 Å². The number of imidazole rings is 1. The summed E-state index contributed by atoms with van der Waals surface area (Å²) in [6.07, 6.45) is 6.32. The third-order valence-electron chi connectivity index (χ3n) is 5.88. The Hall–Kier alpha value is -5.06. The second-order valence-electron chi connectivity index (χ2n) is 8.30. The van der Waals surface area contributed by atoms with Gasteiger partial charge in [0, 0.05) is 29.9 Å². The maximum absolute atomic E-state index is 15.9. The van der Waals surface area contributed by atoms with Gasteiger partial charge in [0.25, 0.3) is 0 Å². The van der Waals surface area contributed by atoms with Crippen molar-refractivity contribution in [2.45, 2.75) is 13.3 Å². The van der Waals surface area contributed by atoms with E-state index in [0.717, 1.165) is 0 Å². The van der Waals surface area contributed by atoms with E-state index < -0.39 is 5.82 Å². The van der Waals surface area contributed by atoms with Crippen LogP contribution in [0.15, 0.2) is 61.2 Å². The zero-order valence-corrected chi connectivity index (χ0v) is 19.4. The molecule has 37 heavy (non-hydrogen) atoms. The third kappa shape index (κ3) is 3.96. The van der Waals surface area contributed by atoms with E-state index in [-0.39, 0.29) is 28.5 Å². The summed E-state index contributed by atoms with van der Waals surface area (Å²) in [6.45, 7) is 1.73. The van der Waals surface area contributed by atoms with Gasteiger partial charge < -0.3 is 10.3 Å². The van der Waals surface area contributed by atoms with Crippen LogP contribution in [0, 0.1) is 11.6 Å². The van der Waals surface area contributed by atoms with Crippen molar-refractivity contribution in [3.05, 3.63) is 72.8 Å². The topological polar surface area (TPSA) is 125 Å². The van der Waals surface area contributed by atoms with E-state index in [0.29, 0.717) is 51.3 Å². The molecule has 6 aromatic rings. The Morgan fingerprint density at radius 2 is 1.86 bits per heavy atom. The highest BCUT2D eigenvalue weighted by molar-refractivity contribution is 5.97. The minimum Gasteiger partial charge on any atom is -0.336 e. The van der Waals surface area contributed by atoms with Crippen LogP contribution in [0.3, 0.4) is 0 Å². The predicted molar refractivity (Wildman–Crippen MR) is 134 cm³/mol. The van der Waals surface area contributed by atoms with E-state index in [4.69, 9.17) is 0 Å². The summed E-state index contributed by atoms with van der Waals surface area (Å²) in [4.78, 5) is 32.3. The molecule has 0 saturated heterocycles. The van der Waals surface area contributed by atoms with Crippen LogP contribution in [-0.4, -0.2) is 41.0 Å². The summed E-state index contributed by atoms with van der Waals surface area (Å²) >= 11 is 0. The molecule has 182 valence electrons. The molecule has 0 radical (unpaired) electrons. The van der Waals surface area contributed by atoms with E-state index in [2.05, 4.69) is 40.4 Å². The third-order valence-corrected chi connectivity index (χ3v) is 5.88. The summed E-state index contributed by atoms with van der Waals surface area (Å²) in [6, 6.07) is 9.41. The van der Waals surface area contributed by atoms with E-state index in [9.17, 15) is 9.18 Å². The number of anilines is 1. The number of aromatic amines is 2. The maximum atomic E-state index is 15.9. The van der Waals surface area contributed by atoms with Crippen LogP contribution in [0.5, 0.6) is 0 Å². The first kappa shape index (κ1) is 22.4. The standard InChI is InChI=1S/C26H18F2N8O/c1-2-19(37)32-16-9-14(10-29-11-16)22-21(28)20-18(12-31-22)35-36-25(20)26-33-17-6-7-30-23(24(17)34-26)13-4-3-5-15(27)8-13/h3-12H,2H2,1H3,(H,32,37)(H,33,34)(H,35,36). The van der Waals surface area contributed by atoms with Gasteiger partial charge >= 0.3 is 0 Å². The molecular weight excluding hydrogens is 478 g/mol. The van der Waals surface area contributed by atoms with Gasteiger partial charge in [-0.2, -0.15) is 5.10 Å². The molecule has 11 heteroatoms. The van der Waals surface area contributed by atoms with Crippen LogP contribution >= 0.6 is 0 Å². The molecule has 0 fully saturated rings. The Morgan fingerprint density at radius 1 is 0.973 bits per heavy atom.